The van der Waals surface area contributed by atoms with Gasteiger partial charge in [-0.15, -0.1) is 0 Å². The van der Waals surface area contributed by atoms with Gasteiger partial charge in [0.2, 0.25) is 0 Å². The summed E-state index contributed by atoms with van der Waals surface area (Å²) in [6, 6.07) is 10.4. The molecule has 1 atom stereocenters. The Kier molecular flexibility index (Phi) is 8.97. The van der Waals surface area contributed by atoms with Crippen molar-refractivity contribution in [2.24, 2.45) is 5.92 Å². The number of rotatable bonds is 9. The van der Waals surface area contributed by atoms with Crippen LogP contribution in [0.5, 0.6) is 0 Å². The number of nitrogens with one attached hydrogen (secondary N) is 1. The number of hydroxylamine groups is 1. The zero-order valence-corrected chi connectivity index (χ0v) is 17.5. The lowest BCUT2D eigenvalue weighted by Crippen LogP contribution is -2.36. The van der Waals surface area contributed by atoms with E-state index in [2.05, 4.69) is 17.6 Å². The molecule has 1 aliphatic carbocycles. The summed E-state index contributed by atoms with van der Waals surface area (Å²) < 4.78 is 5.41. The zero-order valence-electron chi connectivity index (χ0n) is 17.5. The summed E-state index contributed by atoms with van der Waals surface area (Å²) in [6.07, 6.45) is 7.95. The molecule has 1 fully saturated rings. The van der Waals surface area contributed by atoms with E-state index in [-0.39, 0.29) is 24.4 Å². The van der Waals surface area contributed by atoms with Gasteiger partial charge >= 0.3 is 11.9 Å². The fraction of sp³-hybridized carbons (Fsp3) is 0.652. The van der Waals surface area contributed by atoms with Gasteiger partial charge in [-0.2, -0.15) is 5.48 Å². The Hall–Kier alpha value is -1.88. The Morgan fingerprint density at radius 3 is 2.43 bits per heavy atom. The second-order valence-corrected chi connectivity index (χ2v) is 8.74. The second-order valence-electron chi connectivity index (χ2n) is 8.74. The van der Waals surface area contributed by atoms with Crippen molar-refractivity contribution >= 4 is 11.9 Å². The normalized spacial score (nSPS) is 16.4. The summed E-state index contributed by atoms with van der Waals surface area (Å²) in [5.41, 5.74) is 3.60. The van der Waals surface area contributed by atoms with Crippen LogP contribution < -0.4 is 5.48 Å². The van der Waals surface area contributed by atoms with Gasteiger partial charge in [-0.05, 0) is 58.4 Å². The van der Waals surface area contributed by atoms with Crippen molar-refractivity contribution in [3.63, 3.8) is 0 Å². The van der Waals surface area contributed by atoms with E-state index < -0.39 is 11.5 Å². The van der Waals surface area contributed by atoms with E-state index in [0.717, 1.165) is 38.5 Å². The van der Waals surface area contributed by atoms with E-state index in [4.69, 9.17) is 9.57 Å². The summed E-state index contributed by atoms with van der Waals surface area (Å²) in [5.74, 6) is -1.20. The van der Waals surface area contributed by atoms with Crippen molar-refractivity contribution < 1.29 is 19.2 Å². The van der Waals surface area contributed by atoms with Gasteiger partial charge in [-0.25, -0.2) is 0 Å². The van der Waals surface area contributed by atoms with E-state index in [9.17, 15) is 9.59 Å². The number of aryl methyl sites for hydroxylation is 1. The number of ether oxygens (including phenoxy) is 1. The molecular formula is C23H35NO4. The van der Waals surface area contributed by atoms with Crippen LogP contribution in [-0.4, -0.2) is 23.6 Å². The third-order valence-electron chi connectivity index (χ3n) is 4.96. The van der Waals surface area contributed by atoms with Crippen LogP contribution in [0.15, 0.2) is 30.3 Å². The molecule has 5 nitrogen and oxygen atoms in total. The van der Waals surface area contributed by atoms with Crippen LogP contribution in [-0.2, 0) is 25.6 Å². The number of hydrogen-bond donors (Lipinski definition) is 1. The van der Waals surface area contributed by atoms with E-state index in [0.29, 0.717) is 6.42 Å². The highest BCUT2D eigenvalue weighted by atomic mass is 16.7. The van der Waals surface area contributed by atoms with Gasteiger partial charge < -0.3 is 9.57 Å². The van der Waals surface area contributed by atoms with Gasteiger partial charge in [-0.1, -0.05) is 49.6 Å². The Morgan fingerprint density at radius 1 is 1.11 bits per heavy atom. The first-order valence-corrected chi connectivity index (χ1v) is 10.6. The number of benzene rings is 1. The highest BCUT2D eigenvalue weighted by Gasteiger charge is 2.27. The minimum Gasteiger partial charge on any atom is -0.460 e. The topological polar surface area (TPSA) is 64.6 Å². The van der Waals surface area contributed by atoms with Crippen LogP contribution in [0.25, 0.3) is 0 Å². The summed E-state index contributed by atoms with van der Waals surface area (Å²) in [5, 5.41) is 0. The maximum Gasteiger partial charge on any atom is 0.328 e. The molecule has 156 valence electrons. The molecule has 0 unspecified atom stereocenters. The molecule has 0 aromatic heterocycles. The van der Waals surface area contributed by atoms with Crippen molar-refractivity contribution in [1.29, 1.82) is 0 Å². The molecule has 1 saturated carbocycles. The van der Waals surface area contributed by atoms with Crippen LogP contribution in [0.4, 0.5) is 0 Å². The lowest BCUT2D eigenvalue weighted by atomic mass is 9.96. The standard InChI is InChI=1S/C23H35NO4/c1-23(2,3)27-21(25)17-19(14-10-13-18-11-6-4-7-12-18)22(26)28-24-20-15-8-5-9-16-20/h4,6-7,11-12,19-20,24H,5,8-10,13-17H2,1-3H3/t19-/m1/s1. The third kappa shape index (κ3) is 8.87. The number of carbonyl (C=O) groups is 2. The molecule has 5 heteroatoms. The minimum absolute atomic E-state index is 0.0528. The summed E-state index contributed by atoms with van der Waals surface area (Å²) >= 11 is 0. The molecule has 0 aliphatic heterocycles. The SMILES string of the molecule is CC(C)(C)OC(=O)C[C@@H](CCCc1ccccc1)C(=O)ONC1CCCCC1. The number of esters is 1. The van der Waals surface area contributed by atoms with E-state index in [1.165, 1.54) is 12.0 Å². The molecule has 2 rings (SSSR count). The number of hydrogen-bond acceptors (Lipinski definition) is 5. The van der Waals surface area contributed by atoms with Crippen LogP contribution >= 0.6 is 0 Å². The Bertz CT molecular complexity index is 603. The Labute approximate surface area is 169 Å². The van der Waals surface area contributed by atoms with Crippen molar-refractivity contribution in [3.05, 3.63) is 35.9 Å². The predicted molar refractivity (Wildman–Crippen MR) is 109 cm³/mol. The van der Waals surface area contributed by atoms with Crippen molar-refractivity contribution in [1.82, 2.24) is 5.48 Å². The summed E-state index contributed by atoms with van der Waals surface area (Å²) in [6.45, 7) is 5.49. The maximum absolute atomic E-state index is 12.6. The van der Waals surface area contributed by atoms with Crippen LogP contribution in [0.1, 0.15) is 77.7 Å². The van der Waals surface area contributed by atoms with Crippen molar-refractivity contribution in [2.75, 3.05) is 0 Å². The molecular weight excluding hydrogens is 354 g/mol. The van der Waals surface area contributed by atoms with Gasteiger partial charge in [0.15, 0.2) is 0 Å². The molecule has 0 radical (unpaired) electrons. The third-order valence-corrected chi connectivity index (χ3v) is 4.96. The van der Waals surface area contributed by atoms with E-state index in [1.807, 2.05) is 39.0 Å². The fourth-order valence-corrected chi connectivity index (χ4v) is 3.53. The Morgan fingerprint density at radius 2 is 1.79 bits per heavy atom. The molecule has 1 aliphatic rings. The molecule has 1 aromatic carbocycles. The van der Waals surface area contributed by atoms with Crippen LogP contribution in [0.3, 0.4) is 0 Å². The Balaban J connectivity index is 1.87. The van der Waals surface area contributed by atoms with Gasteiger partial charge in [0.05, 0.1) is 12.3 Å². The van der Waals surface area contributed by atoms with Gasteiger partial charge in [0, 0.05) is 6.04 Å². The molecule has 1 aromatic rings. The first-order valence-electron chi connectivity index (χ1n) is 10.6. The largest absolute Gasteiger partial charge is 0.460 e. The van der Waals surface area contributed by atoms with Crippen molar-refractivity contribution in [3.8, 4) is 0 Å². The minimum atomic E-state index is -0.560. The summed E-state index contributed by atoms with van der Waals surface area (Å²) in [7, 11) is 0. The highest BCUT2D eigenvalue weighted by Crippen LogP contribution is 2.20. The molecule has 28 heavy (non-hydrogen) atoms. The van der Waals surface area contributed by atoms with Gasteiger partial charge in [0.1, 0.15) is 5.60 Å². The smallest absolute Gasteiger partial charge is 0.328 e. The van der Waals surface area contributed by atoms with Crippen LogP contribution in [0.2, 0.25) is 0 Å². The van der Waals surface area contributed by atoms with Crippen molar-refractivity contribution in [2.45, 2.75) is 90.2 Å². The van der Waals surface area contributed by atoms with Gasteiger partial charge in [0.25, 0.3) is 0 Å². The van der Waals surface area contributed by atoms with Crippen LogP contribution in [0, 0.1) is 5.92 Å². The average molecular weight is 390 g/mol. The highest BCUT2D eigenvalue weighted by molar-refractivity contribution is 5.80. The molecule has 1 N–H and O–H groups in total. The lowest BCUT2D eigenvalue weighted by molar-refractivity contribution is -0.166. The lowest BCUT2D eigenvalue weighted by Gasteiger charge is -2.24. The fourth-order valence-electron chi connectivity index (χ4n) is 3.53. The first kappa shape index (κ1) is 22.4. The average Bonchev–Trinajstić information content (AvgIpc) is 2.65. The molecule has 0 spiro atoms. The molecule has 0 bridgehead atoms. The first-order chi connectivity index (χ1) is 13.3. The quantitative estimate of drug-likeness (QED) is 0.488. The predicted octanol–water partition coefficient (Wildman–Crippen LogP) is 4.74. The summed E-state index contributed by atoms with van der Waals surface area (Å²) in [4.78, 5) is 30.3. The molecule has 0 heterocycles. The maximum atomic E-state index is 12.6. The van der Waals surface area contributed by atoms with Gasteiger partial charge in [-0.3, -0.25) is 9.59 Å². The van der Waals surface area contributed by atoms with E-state index in [1.54, 1.807) is 0 Å². The molecule has 0 amide bonds. The van der Waals surface area contributed by atoms with E-state index >= 15 is 0 Å². The second kappa shape index (κ2) is 11.2. The monoisotopic (exact) mass is 389 g/mol. The number of carbonyl (C=O) groups excluding carboxylic acids is 2. The molecule has 0 saturated heterocycles. The zero-order chi connectivity index (χ0) is 20.4.